The zero-order valence-electron chi connectivity index (χ0n) is 11.0. The number of para-hydroxylation sites is 1. The Hall–Kier alpha value is -2.05. The molecule has 0 aliphatic rings. The van der Waals surface area contributed by atoms with Crippen LogP contribution >= 0.6 is 0 Å². The van der Waals surface area contributed by atoms with E-state index in [0.29, 0.717) is 12.2 Å². The van der Waals surface area contributed by atoms with E-state index in [2.05, 4.69) is 4.72 Å². The third-order valence-electron chi connectivity index (χ3n) is 2.78. The molecule has 0 spiro atoms. The smallest absolute Gasteiger partial charge is 0.265 e. The molecule has 0 unspecified atom stereocenters. The molecule has 0 aliphatic carbocycles. The minimum absolute atomic E-state index is 0.0843. The SMILES string of the molecule is COc1cc(CN)ccc1S(=O)(=O)Nc1ccccc1. The summed E-state index contributed by atoms with van der Waals surface area (Å²) in [5.74, 6) is 0.274. The molecule has 0 heterocycles. The van der Waals surface area contributed by atoms with Gasteiger partial charge < -0.3 is 10.5 Å². The minimum atomic E-state index is -3.70. The van der Waals surface area contributed by atoms with Gasteiger partial charge in [0.2, 0.25) is 0 Å². The van der Waals surface area contributed by atoms with Gasteiger partial charge in [0.1, 0.15) is 10.6 Å². The molecule has 3 N–H and O–H groups in total. The molecule has 0 aliphatic heterocycles. The zero-order chi connectivity index (χ0) is 14.6. The monoisotopic (exact) mass is 292 g/mol. The molecule has 6 heteroatoms. The second-order valence-corrected chi connectivity index (χ2v) is 5.81. The Bertz CT molecular complexity index is 685. The Morgan fingerprint density at radius 2 is 1.85 bits per heavy atom. The van der Waals surface area contributed by atoms with Crippen LogP contribution in [0.5, 0.6) is 5.75 Å². The maximum atomic E-state index is 12.4. The predicted octanol–water partition coefficient (Wildman–Crippen LogP) is 1.95. The van der Waals surface area contributed by atoms with Crippen LogP contribution in [0, 0.1) is 0 Å². The Morgan fingerprint density at radius 1 is 1.15 bits per heavy atom. The number of methoxy groups -OCH3 is 1. The average Bonchev–Trinajstić information content (AvgIpc) is 2.47. The van der Waals surface area contributed by atoms with E-state index in [1.165, 1.54) is 13.2 Å². The quantitative estimate of drug-likeness (QED) is 0.882. The number of hydrogen-bond acceptors (Lipinski definition) is 4. The van der Waals surface area contributed by atoms with Crippen LogP contribution in [0.15, 0.2) is 53.4 Å². The number of anilines is 1. The van der Waals surface area contributed by atoms with E-state index >= 15 is 0 Å². The third kappa shape index (κ3) is 3.09. The number of sulfonamides is 1. The van der Waals surface area contributed by atoms with Crippen molar-refractivity contribution in [3.63, 3.8) is 0 Å². The summed E-state index contributed by atoms with van der Waals surface area (Å²) in [5.41, 5.74) is 6.84. The predicted molar refractivity (Wildman–Crippen MR) is 78.1 cm³/mol. The van der Waals surface area contributed by atoms with Crippen LogP contribution in [0.2, 0.25) is 0 Å². The van der Waals surface area contributed by atoms with Gasteiger partial charge in [-0.25, -0.2) is 8.42 Å². The van der Waals surface area contributed by atoms with Crippen molar-refractivity contribution in [2.75, 3.05) is 11.8 Å². The molecule has 0 atom stereocenters. The lowest BCUT2D eigenvalue weighted by atomic mass is 10.2. The van der Waals surface area contributed by atoms with Crippen LogP contribution in [0.4, 0.5) is 5.69 Å². The van der Waals surface area contributed by atoms with Crippen LogP contribution < -0.4 is 15.2 Å². The van der Waals surface area contributed by atoms with Gasteiger partial charge in [0, 0.05) is 12.2 Å². The first kappa shape index (κ1) is 14.4. The van der Waals surface area contributed by atoms with Gasteiger partial charge in [-0.15, -0.1) is 0 Å². The first-order valence-corrected chi connectivity index (χ1v) is 7.50. The number of nitrogens with two attached hydrogens (primary N) is 1. The molecule has 2 rings (SSSR count). The van der Waals surface area contributed by atoms with E-state index < -0.39 is 10.0 Å². The highest BCUT2D eigenvalue weighted by Gasteiger charge is 2.19. The fraction of sp³-hybridized carbons (Fsp3) is 0.143. The van der Waals surface area contributed by atoms with Crippen molar-refractivity contribution in [1.29, 1.82) is 0 Å². The molecular formula is C14H16N2O3S. The molecule has 2 aromatic rings. The van der Waals surface area contributed by atoms with Crippen molar-refractivity contribution in [2.24, 2.45) is 5.73 Å². The van der Waals surface area contributed by atoms with E-state index in [1.54, 1.807) is 36.4 Å². The fourth-order valence-corrected chi connectivity index (χ4v) is 2.99. The van der Waals surface area contributed by atoms with Gasteiger partial charge in [-0.1, -0.05) is 24.3 Å². The Balaban J connectivity index is 2.39. The normalized spacial score (nSPS) is 11.1. The molecule has 0 amide bonds. The van der Waals surface area contributed by atoms with Crippen LogP contribution in [0.25, 0.3) is 0 Å². The van der Waals surface area contributed by atoms with Crippen molar-refractivity contribution in [3.05, 3.63) is 54.1 Å². The van der Waals surface area contributed by atoms with Gasteiger partial charge in [0.05, 0.1) is 7.11 Å². The lowest BCUT2D eigenvalue weighted by Crippen LogP contribution is -2.14. The maximum Gasteiger partial charge on any atom is 0.265 e. The van der Waals surface area contributed by atoms with Gasteiger partial charge in [0.25, 0.3) is 10.0 Å². The van der Waals surface area contributed by atoms with E-state index in [9.17, 15) is 8.42 Å². The summed E-state index contributed by atoms with van der Waals surface area (Å²) in [6, 6.07) is 13.5. The van der Waals surface area contributed by atoms with Gasteiger partial charge in [-0.3, -0.25) is 4.72 Å². The van der Waals surface area contributed by atoms with Crippen LogP contribution in [-0.2, 0) is 16.6 Å². The van der Waals surface area contributed by atoms with E-state index in [1.807, 2.05) is 6.07 Å². The number of benzene rings is 2. The molecule has 106 valence electrons. The van der Waals surface area contributed by atoms with E-state index in [-0.39, 0.29) is 10.6 Å². The molecular weight excluding hydrogens is 276 g/mol. The van der Waals surface area contributed by atoms with Crippen LogP contribution in [0.3, 0.4) is 0 Å². The summed E-state index contributed by atoms with van der Waals surface area (Å²) in [7, 11) is -2.27. The lowest BCUT2D eigenvalue weighted by molar-refractivity contribution is 0.402. The summed E-state index contributed by atoms with van der Waals surface area (Å²) in [5, 5.41) is 0. The lowest BCUT2D eigenvalue weighted by Gasteiger charge is -2.12. The van der Waals surface area contributed by atoms with E-state index in [4.69, 9.17) is 10.5 Å². The second-order valence-electron chi connectivity index (χ2n) is 4.16. The standard InChI is InChI=1S/C14H16N2O3S/c1-19-13-9-11(10-15)7-8-14(13)20(17,18)16-12-5-3-2-4-6-12/h2-9,16H,10,15H2,1H3. The molecule has 0 saturated heterocycles. The van der Waals surface area contributed by atoms with E-state index in [0.717, 1.165) is 5.56 Å². The Labute approximate surface area is 118 Å². The highest BCUT2D eigenvalue weighted by molar-refractivity contribution is 7.92. The highest BCUT2D eigenvalue weighted by Crippen LogP contribution is 2.26. The number of hydrogen-bond donors (Lipinski definition) is 2. The molecule has 0 radical (unpaired) electrons. The topological polar surface area (TPSA) is 81.4 Å². The van der Waals surface area contributed by atoms with Crippen LogP contribution in [-0.4, -0.2) is 15.5 Å². The zero-order valence-corrected chi connectivity index (χ0v) is 11.9. The summed E-state index contributed by atoms with van der Waals surface area (Å²) in [6.07, 6.45) is 0. The number of nitrogens with one attached hydrogen (secondary N) is 1. The molecule has 0 saturated carbocycles. The van der Waals surface area contributed by atoms with Crippen molar-refractivity contribution >= 4 is 15.7 Å². The molecule has 0 bridgehead atoms. The summed E-state index contributed by atoms with van der Waals surface area (Å²) >= 11 is 0. The van der Waals surface area contributed by atoms with Crippen LogP contribution in [0.1, 0.15) is 5.56 Å². The highest BCUT2D eigenvalue weighted by atomic mass is 32.2. The second kappa shape index (κ2) is 5.94. The van der Waals surface area contributed by atoms with Crippen molar-refractivity contribution in [3.8, 4) is 5.75 Å². The average molecular weight is 292 g/mol. The fourth-order valence-electron chi connectivity index (χ4n) is 1.78. The Morgan fingerprint density at radius 3 is 2.45 bits per heavy atom. The molecule has 2 aromatic carbocycles. The summed E-state index contributed by atoms with van der Waals surface area (Å²) in [4.78, 5) is 0.0843. The van der Waals surface area contributed by atoms with Gasteiger partial charge in [-0.2, -0.15) is 0 Å². The summed E-state index contributed by atoms with van der Waals surface area (Å²) < 4.78 is 32.4. The molecule has 0 aromatic heterocycles. The van der Waals surface area contributed by atoms with Crippen molar-refractivity contribution < 1.29 is 13.2 Å². The Kier molecular flexibility index (Phi) is 4.26. The first-order valence-electron chi connectivity index (χ1n) is 6.01. The van der Waals surface area contributed by atoms with Crippen molar-refractivity contribution in [1.82, 2.24) is 0 Å². The van der Waals surface area contributed by atoms with Gasteiger partial charge >= 0.3 is 0 Å². The van der Waals surface area contributed by atoms with Gasteiger partial charge in [0.15, 0.2) is 0 Å². The summed E-state index contributed by atoms with van der Waals surface area (Å²) in [6.45, 7) is 0.322. The number of rotatable bonds is 5. The largest absolute Gasteiger partial charge is 0.495 e. The number of ether oxygens (including phenoxy) is 1. The maximum absolute atomic E-state index is 12.4. The molecule has 20 heavy (non-hydrogen) atoms. The molecule has 0 fully saturated rings. The van der Waals surface area contributed by atoms with Crippen molar-refractivity contribution in [2.45, 2.75) is 11.4 Å². The molecule has 5 nitrogen and oxygen atoms in total. The first-order chi connectivity index (χ1) is 9.56. The minimum Gasteiger partial charge on any atom is -0.495 e. The third-order valence-corrected chi connectivity index (χ3v) is 4.20. The van der Waals surface area contributed by atoms with Gasteiger partial charge in [-0.05, 0) is 29.8 Å².